The average Bonchev–Trinajstić information content (AvgIpc) is 2.70. The van der Waals surface area contributed by atoms with Gasteiger partial charge in [-0.15, -0.1) is 0 Å². The fourth-order valence-electron chi connectivity index (χ4n) is 2.99. The maximum atomic E-state index is 12.4. The van der Waals surface area contributed by atoms with Crippen LogP contribution in [0.4, 0.5) is 5.69 Å². The van der Waals surface area contributed by atoms with Crippen molar-refractivity contribution in [2.24, 2.45) is 16.5 Å². The minimum atomic E-state index is -3.72. The van der Waals surface area contributed by atoms with Crippen LogP contribution in [-0.2, 0) is 14.8 Å². The molecule has 1 fully saturated rings. The van der Waals surface area contributed by atoms with Crippen LogP contribution in [0.5, 0.6) is 0 Å². The summed E-state index contributed by atoms with van der Waals surface area (Å²) in [6.07, 6.45) is 3.01. The number of nitrogens with one attached hydrogen (secondary N) is 1. The van der Waals surface area contributed by atoms with E-state index in [-0.39, 0.29) is 22.1 Å². The Morgan fingerprint density at radius 1 is 1.38 bits per heavy atom. The lowest BCUT2D eigenvalue weighted by molar-refractivity contribution is -0.122. The van der Waals surface area contributed by atoms with Crippen molar-refractivity contribution in [1.82, 2.24) is 0 Å². The lowest BCUT2D eigenvalue weighted by Gasteiger charge is -2.26. The van der Waals surface area contributed by atoms with Crippen molar-refractivity contribution in [2.45, 2.75) is 44.9 Å². The van der Waals surface area contributed by atoms with E-state index in [4.69, 9.17) is 5.14 Å². The molecule has 1 aromatic carbocycles. The van der Waals surface area contributed by atoms with Crippen molar-refractivity contribution in [2.75, 3.05) is 5.32 Å². The molecule has 0 bridgehead atoms. The molecule has 1 unspecified atom stereocenters. The molecule has 1 aliphatic carbocycles. The van der Waals surface area contributed by atoms with Crippen molar-refractivity contribution < 1.29 is 13.2 Å². The lowest BCUT2D eigenvalue weighted by atomic mass is 9.81. The molecule has 0 aromatic heterocycles. The third kappa shape index (κ3) is 3.44. The molecule has 6 heteroatoms. The molecule has 2 rings (SSSR count). The Kier molecular flexibility index (Phi) is 4.13. The number of rotatable bonds is 3. The maximum Gasteiger partial charge on any atom is 0.238 e. The van der Waals surface area contributed by atoms with Crippen molar-refractivity contribution >= 4 is 21.6 Å². The first-order valence-electron chi connectivity index (χ1n) is 7.05. The fraction of sp³-hybridized carbons (Fsp3) is 0.533. The SMILES string of the molecule is Cc1cc(S(N)(=O)=O)ccc1NC(=O)C1CCCC1(C)C. The molecule has 0 spiro atoms. The molecule has 5 nitrogen and oxygen atoms in total. The maximum absolute atomic E-state index is 12.4. The number of carbonyl (C=O) groups is 1. The van der Waals surface area contributed by atoms with Crippen LogP contribution < -0.4 is 10.5 Å². The number of sulfonamides is 1. The van der Waals surface area contributed by atoms with Gasteiger partial charge in [0.1, 0.15) is 0 Å². The number of primary sulfonamides is 1. The van der Waals surface area contributed by atoms with E-state index in [0.29, 0.717) is 11.3 Å². The van der Waals surface area contributed by atoms with Gasteiger partial charge in [-0.05, 0) is 48.9 Å². The van der Waals surface area contributed by atoms with Crippen LogP contribution in [0.15, 0.2) is 23.1 Å². The number of hydrogen-bond acceptors (Lipinski definition) is 3. The van der Waals surface area contributed by atoms with Crippen LogP contribution in [0.25, 0.3) is 0 Å². The lowest BCUT2D eigenvalue weighted by Crippen LogP contribution is -2.31. The van der Waals surface area contributed by atoms with Crippen molar-refractivity contribution in [3.63, 3.8) is 0 Å². The van der Waals surface area contributed by atoms with Crippen LogP contribution in [-0.4, -0.2) is 14.3 Å². The Bertz CT molecular complexity index is 665. The van der Waals surface area contributed by atoms with Gasteiger partial charge >= 0.3 is 0 Å². The minimum absolute atomic E-state index is 0.00366. The summed E-state index contributed by atoms with van der Waals surface area (Å²) in [7, 11) is -3.72. The van der Waals surface area contributed by atoms with E-state index in [0.717, 1.165) is 19.3 Å². The monoisotopic (exact) mass is 310 g/mol. The first-order chi connectivity index (χ1) is 9.61. The molecule has 1 aliphatic rings. The zero-order chi connectivity index (χ0) is 15.8. The standard InChI is InChI=1S/C15H22N2O3S/c1-10-9-11(21(16,19)20)6-7-13(10)17-14(18)12-5-4-8-15(12,2)3/h6-7,9,12H,4-5,8H2,1-3H3,(H,17,18)(H2,16,19,20). The highest BCUT2D eigenvalue weighted by Crippen LogP contribution is 2.43. The van der Waals surface area contributed by atoms with Gasteiger partial charge in [-0.3, -0.25) is 4.79 Å². The molecular formula is C15H22N2O3S. The molecule has 21 heavy (non-hydrogen) atoms. The highest BCUT2D eigenvalue weighted by molar-refractivity contribution is 7.89. The van der Waals surface area contributed by atoms with Gasteiger partial charge in [0.2, 0.25) is 15.9 Å². The summed E-state index contributed by atoms with van der Waals surface area (Å²) >= 11 is 0. The molecule has 0 radical (unpaired) electrons. The Morgan fingerprint density at radius 3 is 2.52 bits per heavy atom. The number of nitrogens with two attached hydrogens (primary N) is 1. The second-order valence-electron chi connectivity index (χ2n) is 6.44. The normalized spacial score (nSPS) is 21.2. The van der Waals surface area contributed by atoms with E-state index in [2.05, 4.69) is 19.2 Å². The Balaban J connectivity index is 2.19. The summed E-state index contributed by atoms with van der Waals surface area (Å²) in [5.74, 6) is -0.00114. The summed E-state index contributed by atoms with van der Waals surface area (Å²) in [4.78, 5) is 12.5. The Morgan fingerprint density at radius 2 is 2.05 bits per heavy atom. The molecule has 3 N–H and O–H groups in total. The molecule has 1 atom stereocenters. The van der Waals surface area contributed by atoms with Gasteiger partial charge in [-0.2, -0.15) is 0 Å². The fourth-order valence-corrected chi connectivity index (χ4v) is 3.58. The summed E-state index contributed by atoms with van der Waals surface area (Å²) in [5, 5.41) is 8.01. The van der Waals surface area contributed by atoms with E-state index >= 15 is 0 Å². The molecule has 1 saturated carbocycles. The topological polar surface area (TPSA) is 89.3 Å². The van der Waals surface area contributed by atoms with Gasteiger partial charge in [0.15, 0.2) is 0 Å². The molecule has 1 aromatic rings. The van der Waals surface area contributed by atoms with Gasteiger partial charge in [0.25, 0.3) is 0 Å². The predicted octanol–water partition coefficient (Wildman–Crippen LogP) is 2.41. The van der Waals surface area contributed by atoms with Gasteiger partial charge in [-0.1, -0.05) is 20.3 Å². The second kappa shape index (κ2) is 5.42. The average molecular weight is 310 g/mol. The van der Waals surface area contributed by atoms with E-state index in [1.165, 1.54) is 12.1 Å². The van der Waals surface area contributed by atoms with Gasteiger partial charge in [0, 0.05) is 11.6 Å². The van der Waals surface area contributed by atoms with Gasteiger partial charge < -0.3 is 5.32 Å². The number of aryl methyl sites for hydroxylation is 1. The molecule has 1 amide bonds. The largest absolute Gasteiger partial charge is 0.326 e. The van der Waals surface area contributed by atoms with Gasteiger partial charge in [0.05, 0.1) is 4.90 Å². The van der Waals surface area contributed by atoms with Crippen LogP contribution in [0.2, 0.25) is 0 Å². The summed E-state index contributed by atoms with van der Waals surface area (Å²) < 4.78 is 22.6. The van der Waals surface area contributed by atoms with Crippen molar-refractivity contribution in [3.8, 4) is 0 Å². The number of benzene rings is 1. The van der Waals surface area contributed by atoms with Crippen molar-refractivity contribution in [3.05, 3.63) is 23.8 Å². The molecule has 0 heterocycles. The number of amides is 1. The zero-order valence-electron chi connectivity index (χ0n) is 12.6. The minimum Gasteiger partial charge on any atom is -0.326 e. The van der Waals surface area contributed by atoms with Crippen LogP contribution >= 0.6 is 0 Å². The summed E-state index contributed by atoms with van der Waals surface area (Å²) in [6, 6.07) is 4.48. The highest BCUT2D eigenvalue weighted by atomic mass is 32.2. The summed E-state index contributed by atoms with van der Waals surface area (Å²) in [5.41, 5.74) is 1.33. The van der Waals surface area contributed by atoms with Gasteiger partial charge in [-0.25, -0.2) is 13.6 Å². The number of anilines is 1. The third-order valence-electron chi connectivity index (χ3n) is 4.36. The zero-order valence-corrected chi connectivity index (χ0v) is 13.5. The van der Waals surface area contributed by atoms with Crippen LogP contribution in [0.1, 0.15) is 38.7 Å². The Hall–Kier alpha value is -1.40. The molecule has 0 saturated heterocycles. The van der Waals surface area contributed by atoms with E-state index in [1.807, 2.05) is 0 Å². The first kappa shape index (κ1) is 16.0. The number of carbonyl (C=O) groups excluding carboxylic acids is 1. The first-order valence-corrected chi connectivity index (χ1v) is 8.60. The van der Waals surface area contributed by atoms with Crippen molar-refractivity contribution in [1.29, 1.82) is 0 Å². The quantitative estimate of drug-likeness (QED) is 0.898. The van der Waals surface area contributed by atoms with Crippen LogP contribution in [0.3, 0.4) is 0 Å². The molecule has 116 valence electrons. The number of hydrogen-bond donors (Lipinski definition) is 2. The molecule has 0 aliphatic heterocycles. The van der Waals surface area contributed by atoms with E-state index < -0.39 is 10.0 Å². The molecular weight excluding hydrogens is 288 g/mol. The smallest absolute Gasteiger partial charge is 0.238 e. The second-order valence-corrected chi connectivity index (χ2v) is 8.01. The van der Waals surface area contributed by atoms with E-state index in [9.17, 15) is 13.2 Å². The van der Waals surface area contributed by atoms with Crippen LogP contribution in [0, 0.1) is 18.3 Å². The predicted molar refractivity (Wildman–Crippen MR) is 82.3 cm³/mol. The third-order valence-corrected chi connectivity index (χ3v) is 5.27. The van der Waals surface area contributed by atoms with E-state index in [1.54, 1.807) is 13.0 Å². The summed E-state index contributed by atoms with van der Waals surface area (Å²) in [6.45, 7) is 5.98. The Labute approximate surface area is 126 Å². The highest BCUT2D eigenvalue weighted by Gasteiger charge is 2.39.